The number of sulfone groups is 1. The van der Waals surface area contributed by atoms with Crippen LogP contribution < -0.4 is 0 Å². The minimum absolute atomic E-state index is 0.183. The van der Waals surface area contributed by atoms with Gasteiger partial charge in [-0.05, 0) is 71.0 Å². The predicted molar refractivity (Wildman–Crippen MR) is 127 cm³/mol. The van der Waals surface area contributed by atoms with Gasteiger partial charge in [-0.2, -0.15) is 0 Å². The number of aromatic nitrogens is 1. The van der Waals surface area contributed by atoms with Crippen molar-refractivity contribution in [1.29, 1.82) is 0 Å². The summed E-state index contributed by atoms with van der Waals surface area (Å²) in [5.41, 5.74) is 3.96. The van der Waals surface area contributed by atoms with Crippen molar-refractivity contribution in [2.24, 2.45) is 0 Å². The summed E-state index contributed by atoms with van der Waals surface area (Å²) in [7, 11) is -3.47. The van der Waals surface area contributed by atoms with Crippen LogP contribution in [0.1, 0.15) is 20.8 Å². The maximum atomic E-state index is 13.4. The second-order valence-corrected chi connectivity index (χ2v) is 10.6. The molecule has 2 aromatic carbocycles. The lowest BCUT2D eigenvalue weighted by molar-refractivity contribution is 0.0515. The van der Waals surface area contributed by atoms with Crippen LogP contribution in [0.4, 0.5) is 4.39 Å². The van der Waals surface area contributed by atoms with Crippen LogP contribution in [0.2, 0.25) is 0 Å². The molecule has 0 aliphatic rings. The third-order valence-electron chi connectivity index (χ3n) is 5.32. The molecule has 0 unspecified atom stereocenters. The molecule has 0 spiro atoms. The number of carbonyl (C=O) groups is 1. The zero-order valence-electron chi connectivity index (χ0n) is 18.1. The fourth-order valence-corrected chi connectivity index (χ4v) is 4.82. The predicted octanol–water partition coefficient (Wildman–Crippen LogP) is 5.46. The summed E-state index contributed by atoms with van der Waals surface area (Å²) in [5.74, 6) is -0.698. The molecule has 0 saturated heterocycles. The highest BCUT2D eigenvalue weighted by atomic mass is 32.2. The van der Waals surface area contributed by atoms with Crippen molar-refractivity contribution in [3.05, 3.63) is 94.2 Å². The van der Waals surface area contributed by atoms with Crippen molar-refractivity contribution in [3.8, 4) is 16.8 Å². The highest BCUT2D eigenvalue weighted by molar-refractivity contribution is 7.90. The van der Waals surface area contributed by atoms with Crippen molar-refractivity contribution >= 4 is 27.1 Å². The molecule has 2 heterocycles. The van der Waals surface area contributed by atoms with Gasteiger partial charge >= 0.3 is 5.97 Å². The van der Waals surface area contributed by atoms with Crippen molar-refractivity contribution < 1.29 is 22.3 Å². The van der Waals surface area contributed by atoms with Gasteiger partial charge in [0, 0.05) is 30.8 Å². The Kier molecular flexibility index (Phi) is 6.49. The minimum atomic E-state index is -3.47. The lowest BCUT2D eigenvalue weighted by atomic mass is 9.99. The SMILES string of the molecule is Cc1c(-c2ccc(F)cc2)cc(S(C)(=O)=O)cc1-n1ccc(CCOC(=O)c2cccs2)c1. The summed E-state index contributed by atoms with van der Waals surface area (Å²) in [6.45, 7) is 2.15. The normalized spacial score (nSPS) is 11.5. The second-order valence-electron chi connectivity index (χ2n) is 7.68. The lowest BCUT2D eigenvalue weighted by Crippen LogP contribution is -2.06. The van der Waals surface area contributed by atoms with Gasteiger partial charge in [-0.3, -0.25) is 0 Å². The van der Waals surface area contributed by atoms with Gasteiger partial charge in [-0.25, -0.2) is 17.6 Å². The van der Waals surface area contributed by atoms with E-state index in [9.17, 15) is 17.6 Å². The first-order valence-electron chi connectivity index (χ1n) is 10.2. The fourth-order valence-electron chi connectivity index (χ4n) is 3.55. The molecule has 0 aliphatic heterocycles. The summed E-state index contributed by atoms with van der Waals surface area (Å²) in [5, 5.41) is 1.82. The van der Waals surface area contributed by atoms with Crippen LogP contribution in [0, 0.1) is 12.7 Å². The number of benzene rings is 2. The molecule has 0 N–H and O–H groups in total. The molecule has 170 valence electrons. The van der Waals surface area contributed by atoms with Gasteiger partial charge in [0.2, 0.25) is 0 Å². The highest BCUT2D eigenvalue weighted by Gasteiger charge is 2.16. The van der Waals surface area contributed by atoms with E-state index in [1.165, 1.54) is 29.7 Å². The molecule has 2 aromatic heterocycles. The highest BCUT2D eigenvalue weighted by Crippen LogP contribution is 2.32. The van der Waals surface area contributed by atoms with E-state index >= 15 is 0 Å². The maximum absolute atomic E-state index is 13.4. The number of hydrogen-bond donors (Lipinski definition) is 0. The van der Waals surface area contributed by atoms with Gasteiger partial charge in [0.15, 0.2) is 9.84 Å². The van der Waals surface area contributed by atoms with Crippen LogP contribution >= 0.6 is 11.3 Å². The Labute approximate surface area is 196 Å². The molecule has 5 nitrogen and oxygen atoms in total. The van der Waals surface area contributed by atoms with E-state index in [1.54, 1.807) is 36.4 Å². The number of ether oxygens (including phenoxy) is 1. The summed E-state index contributed by atoms with van der Waals surface area (Å²) in [4.78, 5) is 12.7. The van der Waals surface area contributed by atoms with Crippen molar-refractivity contribution in [1.82, 2.24) is 4.57 Å². The quantitative estimate of drug-likeness (QED) is 0.328. The van der Waals surface area contributed by atoms with Gasteiger partial charge in [0.25, 0.3) is 0 Å². The topological polar surface area (TPSA) is 65.4 Å². The molecule has 4 aromatic rings. The monoisotopic (exact) mass is 483 g/mol. The molecule has 4 rings (SSSR count). The number of nitrogens with zero attached hydrogens (tertiary/aromatic N) is 1. The summed E-state index contributed by atoms with van der Waals surface area (Å²) in [6.07, 6.45) is 5.43. The molecule has 8 heteroatoms. The van der Waals surface area contributed by atoms with E-state index in [1.807, 2.05) is 35.3 Å². The first kappa shape index (κ1) is 22.9. The molecular formula is C25H22FNO4S2. The molecular weight excluding hydrogens is 461 g/mol. The molecule has 33 heavy (non-hydrogen) atoms. The first-order valence-corrected chi connectivity index (χ1v) is 13.0. The van der Waals surface area contributed by atoms with Crippen molar-refractivity contribution in [2.45, 2.75) is 18.2 Å². The first-order chi connectivity index (χ1) is 15.7. The minimum Gasteiger partial charge on any atom is -0.461 e. The van der Waals surface area contributed by atoms with E-state index in [-0.39, 0.29) is 23.3 Å². The zero-order valence-corrected chi connectivity index (χ0v) is 19.8. The van der Waals surface area contributed by atoms with Crippen LogP contribution in [0.15, 0.2) is 77.3 Å². The summed E-state index contributed by atoms with van der Waals surface area (Å²) < 4.78 is 45.3. The second kappa shape index (κ2) is 9.33. The molecule has 0 amide bonds. The van der Waals surface area contributed by atoms with Gasteiger partial charge in [-0.1, -0.05) is 18.2 Å². The third-order valence-corrected chi connectivity index (χ3v) is 7.26. The largest absolute Gasteiger partial charge is 0.461 e. The Morgan fingerprint density at radius 3 is 2.55 bits per heavy atom. The van der Waals surface area contributed by atoms with Gasteiger partial charge in [0.1, 0.15) is 10.7 Å². The summed E-state index contributed by atoms with van der Waals surface area (Å²) >= 11 is 1.34. The lowest BCUT2D eigenvalue weighted by Gasteiger charge is -2.15. The zero-order chi connectivity index (χ0) is 23.6. The smallest absolute Gasteiger partial charge is 0.348 e. The number of halogens is 1. The standard InChI is InChI=1S/C25H22FNO4S2/c1-17-22(19-5-7-20(26)8-6-19)14-21(33(2,29)30)15-23(17)27-11-9-18(16-27)10-12-31-25(28)24-4-3-13-32-24/h3-9,11,13-16H,10,12H2,1-2H3. The summed E-state index contributed by atoms with van der Waals surface area (Å²) in [6, 6.07) is 14.7. The van der Waals surface area contributed by atoms with Gasteiger partial charge in [-0.15, -0.1) is 11.3 Å². The molecule has 0 aliphatic carbocycles. The molecule has 0 radical (unpaired) electrons. The number of esters is 1. The Morgan fingerprint density at radius 1 is 1.12 bits per heavy atom. The number of rotatable bonds is 7. The van der Waals surface area contributed by atoms with Crippen molar-refractivity contribution in [3.63, 3.8) is 0 Å². The van der Waals surface area contributed by atoms with Gasteiger partial charge < -0.3 is 9.30 Å². The third kappa shape index (κ3) is 5.23. The van der Waals surface area contributed by atoms with E-state index in [4.69, 9.17) is 4.74 Å². The average molecular weight is 484 g/mol. The van der Waals surface area contributed by atoms with Gasteiger partial charge in [0.05, 0.1) is 11.5 Å². The fraction of sp³-hybridized carbons (Fsp3) is 0.160. The Balaban J connectivity index is 1.62. The molecule has 0 atom stereocenters. The van der Waals surface area contributed by atoms with E-state index < -0.39 is 9.84 Å². The Bertz CT molecular complexity index is 1390. The maximum Gasteiger partial charge on any atom is 0.348 e. The average Bonchev–Trinajstić information content (AvgIpc) is 3.46. The van der Waals surface area contributed by atoms with Crippen LogP contribution in [-0.2, 0) is 21.0 Å². The Morgan fingerprint density at radius 2 is 1.88 bits per heavy atom. The number of carbonyl (C=O) groups excluding carboxylic acids is 1. The molecule has 0 fully saturated rings. The van der Waals surface area contributed by atoms with E-state index in [2.05, 4.69) is 0 Å². The van der Waals surface area contributed by atoms with E-state index in [0.717, 1.165) is 16.7 Å². The van der Waals surface area contributed by atoms with E-state index in [0.29, 0.717) is 22.5 Å². The Hall–Kier alpha value is -3.23. The molecule has 0 saturated carbocycles. The van der Waals surface area contributed by atoms with Crippen molar-refractivity contribution in [2.75, 3.05) is 12.9 Å². The van der Waals surface area contributed by atoms with Crippen LogP contribution in [0.25, 0.3) is 16.8 Å². The number of hydrogen-bond acceptors (Lipinski definition) is 5. The van der Waals surface area contributed by atoms with Crippen LogP contribution in [0.3, 0.4) is 0 Å². The van der Waals surface area contributed by atoms with Crippen LogP contribution in [0.5, 0.6) is 0 Å². The van der Waals surface area contributed by atoms with Crippen LogP contribution in [-0.4, -0.2) is 31.8 Å². The number of thiophene rings is 1. The molecule has 0 bridgehead atoms.